The van der Waals surface area contributed by atoms with Crippen LogP contribution in [0, 0.1) is 0 Å². The quantitative estimate of drug-likeness (QED) is 0.671. The van der Waals surface area contributed by atoms with Gasteiger partial charge in [0.25, 0.3) is 5.91 Å². The van der Waals surface area contributed by atoms with Crippen molar-refractivity contribution < 1.29 is 17.8 Å². The molecule has 1 aromatic carbocycles. The predicted octanol–water partition coefficient (Wildman–Crippen LogP) is 0.00380. The Morgan fingerprint density at radius 1 is 1.22 bits per heavy atom. The average molecular weight is 268 g/mol. The summed E-state index contributed by atoms with van der Waals surface area (Å²) in [4.78, 5) is 11.7. The molecule has 1 unspecified atom stereocenters. The van der Waals surface area contributed by atoms with Gasteiger partial charge in [-0.1, -0.05) is 30.3 Å². The van der Waals surface area contributed by atoms with Crippen LogP contribution >= 0.6 is 0 Å². The van der Waals surface area contributed by atoms with Gasteiger partial charge in [0, 0.05) is 18.2 Å². The van der Waals surface area contributed by atoms with Gasteiger partial charge in [-0.25, -0.2) is 0 Å². The van der Waals surface area contributed by atoms with E-state index in [1.807, 2.05) is 30.3 Å². The second kappa shape index (κ2) is 4.79. The summed E-state index contributed by atoms with van der Waals surface area (Å²) in [5.41, 5.74) is -0.142. The number of hydrogen-bond donors (Lipinski definition) is 3. The lowest BCUT2D eigenvalue weighted by Crippen LogP contribution is -2.52. The maximum Gasteiger partial charge on any atom is 0.305 e. The van der Waals surface area contributed by atoms with E-state index >= 15 is 0 Å². The molecule has 0 spiro atoms. The molecule has 1 aliphatic heterocycles. The zero-order valence-electron chi connectivity index (χ0n) is 9.33. The first-order chi connectivity index (χ1) is 8.47. The molecular weight excluding hydrogens is 256 g/mol. The third-order valence-corrected chi connectivity index (χ3v) is 3.35. The Balaban J connectivity index is 2.13. The SMILES string of the molecule is O=C1NC(S(=O)(=O)O)NC=C1Cc1ccccc1. The van der Waals surface area contributed by atoms with Crippen molar-refractivity contribution in [3.8, 4) is 0 Å². The molecular formula is C11H12N2O4S. The number of hydrogen-bond acceptors (Lipinski definition) is 4. The number of carbonyl (C=O) groups is 1. The summed E-state index contributed by atoms with van der Waals surface area (Å²) in [5, 5.41) is 4.60. The molecule has 0 bridgehead atoms. The lowest BCUT2D eigenvalue weighted by molar-refractivity contribution is -0.118. The lowest BCUT2D eigenvalue weighted by Gasteiger charge is -2.22. The van der Waals surface area contributed by atoms with Crippen LogP contribution in [-0.4, -0.2) is 24.4 Å². The van der Waals surface area contributed by atoms with Gasteiger partial charge in [0.1, 0.15) is 0 Å². The molecule has 2 rings (SSSR count). The fourth-order valence-electron chi connectivity index (χ4n) is 1.60. The first-order valence-electron chi connectivity index (χ1n) is 5.23. The van der Waals surface area contributed by atoms with Crippen molar-refractivity contribution in [1.29, 1.82) is 0 Å². The van der Waals surface area contributed by atoms with Crippen LogP contribution in [0.3, 0.4) is 0 Å². The Morgan fingerprint density at radius 2 is 1.89 bits per heavy atom. The molecule has 1 aromatic rings. The van der Waals surface area contributed by atoms with Gasteiger partial charge in [-0.05, 0) is 5.56 Å². The average Bonchev–Trinajstić information content (AvgIpc) is 2.32. The number of carbonyl (C=O) groups excluding carboxylic acids is 1. The van der Waals surface area contributed by atoms with Gasteiger partial charge in [-0.3, -0.25) is 9.35 Å². The Hall–Kier alpha value is -1.86. The number of rotatable bonds is 3. The van der Waals surface area contributed by atoms with Crippen molar-refractivity contribution in [1.82, 2.24) is 10.6 Å². The fraction of sp³-hybridized carbons (Fsp3) is 0.182. The molecule has 0 aliphatic carbocycles. The number of amides is 1. The summed E-state index contributed by atoms with van der Waals surface area (Å²) in [6, 6.07) is 9.30. The lowest BCUT2D eigenvalue weighted by atomic mass is 10.1. The molecule has 1 heterocycles. The van der Waals surface area contributed by atoms with E-state index in [2.05, 4.69) is 10.6 Å². The summed E-state index contributed by atoms with van der Waals surface area (Å²) in [6.07, 6.45) is 1.70. The van der Waals surface area contributed by atoms with Crippen molar-refractivity contribution in [2.75, 3.05) is 0 Å². The van der Waals surface area contributed by atoms with Crippen molar-refractivity contribution in [2.24, 2.45) is 0 Å². The fourth-order valence-corrected chi connectivity index (χ4v) is 2.10. The minimum Gasteiger partial charge on any atom is -0.356 e. The first-order valence-corrected chi connectivity index (χ1v) is 6.73. The molecule has 1 atom stereocenters. The Labute approximate surface area is 104 Å². The van der Waals surface area contributed by atoms with Gasteiger partial charge < -0.3 is 10.6 Å². The summed E-state index contributed by atoms with van der Waals surface area (Å²) < 4.78 is 30.5. The van der Waals surface area contributed by atoms with Gasteiger partial charge in [0.05, 0.1) is 0 Å². The Morgan fingerprint density at radius 3 is 2.44 bits per heavy atom. The van der Waals surface area contributed by atoms with Crippen LogP contribution in [0.15, 0.2) is 42.1 Å². The van der Waals surface area contributed by atoms with Crippen molar-refractivity contribution in [2.45, 2.75) is 11.9 Å². The van der Waals surface area contributed by atoms with E-state index in [-0.39, 0.29) is 0 Å². The van der Waals surface area contributed by atoms with Crippen LogP contribution in [0.25, 0.3) is 0 Å². The molecule has 0 radical (unpaired) electrons. The van der Waals surface area contributed by atoms with Crippen LogP contribution < -0.4 is 10.6 Å². The van der Waals surface area contributed by atoms with Crippen LogP contribution in [-0.2, 0) is 21.3 Å². The molecule has 96 valence electrons. The summed E-state index contributed by atoms with van der Waals surface area (Å²) >= 11 is 0. The van der Waals surface area contributed by atoms with Crippen molar-refractivity contribution in [3.05, 3.63) is 47.7 Å². The van der Waals surface area contributed by atoms with Gasteiger partial charge in [-0.2, -0.15) is 8.42 Å². The van der Waals surface area contributed by atoms with E-state index in [0.29, 0.717) is 12.0 Å². The maximum atomic E-state index is 11.7. The van der Waals surface area contributed by atoms with Crippen molar-refractivity contribution in [3.63, 3.8) is 0 Å². The monoisotopic (exact) mass is 268 g/mol. The van der Waals surface area contributed by atoms with E-state index in [1.165, 1.54) is 6.20 Å². The molecule has 0 saturated heterocycles. The molecule has 0 fully saturated rings. The van der Waals surface area contributed by atoms with Crippen LogP contribution in [0.4, 0.5) is 0 Å². The van der Waals surface area contributed by atoms with E-state index in [0.717, 1.165) is 5.56 Å². The Bertz CT molecular complexity index is 580. The summed E-state index contributed by atoms with van der Waals surface area (Å²) in [5.74, 6) is -0.514. The van der Waals surface area contributed by atoms with Crippen LogP contribution in [0.5, 0.6) is 0 Å². The second-order valence-electron chi connectivity index (χ2n) is 3.87. The highest BCUT2D eigenvalue weighted by atomic mass is 32.2. The molecule has 6 nitrogen and oxygen atoms in total. The molecule has 0 saturated carbocycles. The maximum absolute atomic E-state index is 11.7. The molecule has 3 N–H and O–H groups in total. The second-order valence-corrected chi connectivity index (χ2v) is 5.37. The van der Waals surface area contributed by atoms with Gasteiger partial charge in [0.15, 0.2) is 0 Å². The minimum atomic E-state index is -4.34. The van der Waals surface area contributed by atoms with E-state index < -0.39 is 21.5 Å². The van der Waals surface area contributed by atoms with E-state index in [4.69, 9.17) is 4.55 Å². The largest absolute Gasteiger partial charge is 0.356 e. The third kappa shape index (κ3) is 2.88. The highest BCUT2D eigenvalue weighted by Gasteiger charge is 2.28. The predicted molar refractivity (Wildman–Crippen MR) is 64.8 cm³/mol. The molecule has 0 aromatic heterocycles. The zero-order chi connectivity index (χ0) is 13.2. The van der Waals surface area contributed by atoms with Crippen LogP contribution in [0.1, 0.15) is 5.56 Å². The molecule has 7 heteroatoms. The summed E-state index contributed by atoms with van der Waals surface area (Å²) in [7, 11) is -4.34. The summed E-state index contributed by atoms with van der Waals surface area (Å²) in [6.45, 7) is 0. The number of benzene rings is 1. The van der Waals surface area contributed by atoms with Gasteiger partial charge in [0.2, 0.25) is 5.50 Å². The third-order valence-electron chi connectivity index (χ3n) is 2.50. The topological polar surface area (TPSA) is 95.5 Å². The Kier molecular flexibility index (Phi) is 3.35. The van der Waals surface area contributed by atoms with E-state index in [9.17, 15) is 13.2 Å². The molecule has 18 heavy (non-hydrogen) atoms. The zero-order valence-corrected chi connectivity index (χ0v) is 10.1. The first kappa shape index (κ1) is 12.6. The smallest absolute Gasteiger partial charge is 0.305 e. The highest BCUT2D eigenvalue weighted by Crippen LogP contribution is 2.11. The van der Waals surface area contributed by atoms with Gasteiger partial charge >= 0.3 is 10.1 Å². The van der Waals surface area contributed by atoms with Crippen molar-refractivity contribution >= 4 is 16.0 Å². The minimum absolute atomic E-state index is 0.387. The molecule has 1 amide bonds. The standard InChI is InChI=1S/C11H12N2O4S/c14-10-9(6-8-4-2-1-3-5-8)7-12-11(13-10)18(15,16)17/h1-5,7,11-12H,6H2,(H,13,14)(H,15,16,17). The van der Waals surface area contributed by atoms with Gasteiger partial charge in [-0.15, -0.1) is 0 Å². The number of nitrogens with one attached hydrogen (secondary N) is 2. The normalized spacial score (nSPS) is 19.7. The molecule has 1 aliphatic rings. The van der Waals surface area contributed by atoms with Crippen LogP contribution in [0.2, 0.25) is 0 Å². The highest BCUT2D eigenvalue weighted by molar-refractivity contribution is 7.86. The van der Waals surface area contributed by atoms with E-state index in [1.54, 1.807) is 0 Å².